The molecule has 3 unspecified atom stereocenters. The molecule has 3 atom stereocenters. The molecule has 3 amide bonds. The van der Waals surface area contributed by atoms with Crippen molar-refractivity contribution in [2.75, 3.05) is 43.9 Å². The van der Waals surface area contributed by atoms with E-state index >= 15 is 0 Å². The van der Waals surface area contributed by atoms with Crippen LogP contribution in [0.2, 0.25) is 0 Å². The van der Waals surface area contributed by atoms with E-state index in [9.17, 15) is 9.59 Å². The van der Waals surface area contributed by atoms with Crippen LogP contribution >= 0.6 is 0 Å². The normalized spacial score (nSPS) is 23.2. The van der Waals surface area contributed by atoms with Crippen molar-refractivity contribution >= 4 is 23.4 Å². The fraction of sp³-hybridized carbons (Fsp3) is 0.367. The topological polar surface area (TPSA) is 108 Å². The summed E-state index contributed by atoms with van der Waals surface area (Å²) in [5, 5.41) is 8.82. The fourth-order valence-corrected chi connectivity index (χ4v) is 5.83. The van der Waals surface area contributed by atoms with E-state index in [4.69, 9.17) is 9.47 Å². The number of amides is 3. The fourth-order valence-electron chi connectivity index (χ4n) is 5.83. The number of likely N-dealkylation sites (N-methyl/N-ethyl adjacent to an activating group) is 1. The number of benzene rings is 2. The third kappa shape index (κ3) is 4.96. The molecule has 2 aromatic carbocycles. The highest BCUT2D eigenvalue weighted by molar-refractivity contribution is 5.93. The van der Waals surface area contributed by atoms with Gasteiger partial charge in [0.1, 0.15) is 29.2 Å². The molecule has 3 N–H and O–H groups in total. The average Bonchev–Trinajstić information content (AvgIpc) is 3.46. The number of nitrogens with one attached hydrogen (secondary N) is 3. The van der Waals surface area contributed by atoms with E-state index in [-0.39, 0.29) is 30.0 Å². The van der Waals surface area contributed by atoms with Crippen LogP contribution in [0.4, 0.5) is 16.3 Å². The van der Waals surface area contributed by atoms with Crippen LogP contribution in [0.15, 0.2) is 54.7 Å². The van der Waals surface area contributed by atoms with Gasteiger partial charge in [0.2, 0.25) is 5.91 Å². The molecule has 10 heteroatoms. The summed E-state index contributed by atoms with van der Waals surface area (Å²) in [7, 11) is 2.16. The van der Waals surface area contributed by atoms with Crippen LogP contribution in [-0.2, 0) is 17.8 Å². The number of fused-ring (bicyclic) bond motifs is 4. The molecule has 10 nitrogen and oxygen atoms in total. The Labute approximate surface area is 232 Å². The maximum Gasteiger partial charge on any atom is 0.319 e. The summed E-state index contributed by atoms with van der Waals surface area (Å²) in [6.45, 7) is 5.27. The summed E-state index contributed by atoms with van der Waals surface area (Å²) in [6, 6.07) is 15.3. The molecule has 3 aliphatic heterocycles. The number of carbonyl (C=O) groups is 2. The predicted octanol–water partition coefficient (Wildman–Crippen LogP) is 3.55. The number of hydrogen-bond acceptors (Lipinski definition) is 7. The Balaban J connectivity index is 0.950. The molecule has 0 bridgehead atoms. The van der Waals surface area contributed by atoms with Gasteiger partial charge in [0.15, 0.2) is 0 Å². The van der Waals surface area contributed by atoms with Gasteiger partial charge in [-0.3, -0.25) is 9.69 Å². The van der Waals surface area contributed by atoms with Gasteiger partial charge >= 0.3 is 6.03 Å². The minimum atomic E-state index is -0.241. The lowest BCUT2D eigenvalue weighted by Crippen LogP contribution is -2.43. The van der Waals surface area contributed by atoms with Gasteiger partial charge in [-0.25, -0.2) is 9.78 Å². The number of urea groups is 1. The summed E-state index contributed by atoms with van der Waals surface area (Å²) in [5.41, 5.74) is 3.93. The molecule has 4 heterocycles. The van der Waals surface area contributed by atoms with Gasteiger partial charge in [-0.1, -0.05) is 12.1 Å². The van der Waals surface area contributed by atoms with Crippen molar-refractivity contribution in [1.29, 1.82) is 0 Å². The van der Waals surface area contributed by atoms with Crippen molar-refractivity contribution in [1.82, 2.24) is 20.1 Å². The molecule has 4 aliphatic rings. The smallest absolute Gasteiger partial charge is 0.319 e. The van der Waals surface area contributed by atoms with Crippen LogP contribution in [0.3, 0.4) is 0 Å². The van der Waals surface area contributed by atoms with E-state index in [0.29, 0.717) is 30.2 Å². The quantitative estimate of drug-likeness (QED) is 0.439. The number of hydrogen-bond donors (Lipinski definition) is 3. The molecule has 0 radical (unpaired) electrons. The Hall–Kier alpha value is -4.15. The third-order valence-corrected chi connectivity index (χ3v) is 8.17. The van der Waals surface area contributed by atoms with Gasteiger partial charge in [0.25, 0.3) is 0 Å². The molecule has 1 aromatic heterocycles. The highest BCUT2D eigenvalue weighted by Crippen LogP contribution is 2.54. The molecule has 1 saturated carbocycles. The Kier molecular flexibility index (Phi) is 6.28. The summed E-state index contributed by atoms with van der Waals surface area (Å²) < 4.78 is 12.3. The number of carbonyl (C=O) groups excluding carboxylic acids is 2. The van der Waals surface area contributed by atoms with E-state index in [0.717, 1.165) is 55.3 Å². The zero-order valence-corrected chi connectivity index (χ0v) is 22.4. The third-order valence-electron chi connectivity index (χ3n) is 8.17. The van der Waals surface area contributed by atoms with E-state index in [2.05, 4.69) is 49.9 Å². The number of pyridine rings is 1. The van der Waals surface area contributed by atoms with Gasteiger partial charge in [0.05, 0.1) is 12.0 Å². The second-order valence-electron chi connectivity index (χ2n) is 11.0. The molecule has 2 fully saturated rings. The van der Waals surface area contributed by atoms with E-state index in [1.165, 1.54) is 5.56 Å². The number of ether oxygens (including phenoxy) is 2. The number of piperazine rings is 1. The van der Waals surface area contributed by atoms with Gasteiger partial charge < -0.3 is 30.3 Å². The standard InChI is InChI=1S/C30H32N6O4/c1-35-12-14-36(15-13-35)17-18-2-4-19(5-3-18)32-30(38)34-27-26-22-16-20(6-8-23(22)40-28(26)27)39-24-10-11-31-29-21(24)7-9-25(37)33-29/h2-6,8,10-11,16,26-28H,7,9,12-15,17H2,1H3,(H,31,33,37)(H2,32,34,38). The second kappa shape index (κ2) is 10.1. The predicted molar refractivity (Wildman–Crippen MR) is 150 cm³/mol. The van der Waals surface area contributed by atoms with Gasteiger partial charge in [-0.05, 0) is 55.4 Å². The van der Waals surface area contributed by atoms with Crippen molar-refractivity contribution in [3.05, 3.63) is 71.4 Å². The monoisotopic (exact) mass is 540 g/mol. The van der Waals surface area contributed by atoms with Crippen molar-refractivity contribution < 1.29 is 19.1 Å². The maximum atomic E-state index is 12.8. The highest BCUT2D eigenvalue weighted by atomic mass is 16.5. The minimum Gasteiger partial charge on any atom is -0.487 e. The lowest BCUT2D eigenvalue weighted by molar-refractivity contribution is -0.116. The van der Waals surface area contributed by atoms with Gasteiger partial charge in [0, 0.05) is 62.2 Å². The minimum absolute atomic E-state index is 0.0348. The molecule has 1 aliphatic carbocycles. The summed E-state index contributed by atoms with van der Waals surface area (Å²) in [4.78, 5) is 33.5. The first-order valence-electron chi connectivity index (χ1n) is 13.8. The Bertz CT molecular complexity index is 1450. The number of aromatic nitrogens is 1. The van der Waals surface area contributed by atoms with Gasteiger partial charge in [-0.15, -0.1) is 0 Å². The number of rotatable bonds is 6. The van der Waals surface area contributed by atoms with Crippen LogP contribution < -0.4 is 25.4 Å². The number of anilines is 2. The van der Waals surface area contributed by atoms with Crippen LogP contribution in [0, 0.1) is 0 Å². The first-order valence-corrected chi connectivity index (χ1v) is 13.8. The van der Waals surface area contributed by atoms with E-state index < -0.39 is 0 Å². The Morgan fingerprint density at radius 3 is 2.75 bits per heavy atom. The molecular formula is C30H32N6O4. The lowest BCUT2D eigenvalue weighted by atomic mass is 10.1. The second-order valence-corrected chi connectivity index (χ2v) is 11.0. The first-order chi connectivity index (χ1) is 19.5. The summed E-state index contributed by atoms with van der Waals surface area (Å²) in [5.74, 6) is 2.79. The molecule has 206 valence electrons. The molecular weight excluding hydrogens is 508 g/mol. The summed E-state index contributed by atoms with van der Waals surface area (Å²) >= 11 is 0. The van der Waals surface area contributed by atoms with Crippen LogP contribution in [0.1, 0.15) is 29.0 Å². The van der Waals surface area contributed by atoms with Crippen LogP contribution in [0.25, 0.3) is 0 Å². The molecule has 0 spiro atoms. The summed E-state index contributed by atoms with van der Waals surface area (Å²) in [6.07, 6.45) is 2.55. The Morgan fingerprint density at radius 2 is 1.93 bits per heavy atom. The van der Waals surface area contributed by atoms with Gasteiger partial charge in [-0.2, -0.15) is 0 Å². The zero-order valence-electron chi connectivity index (χ0n) is 22.4. The molecule has 7 rings (SSSR count). The van der Waals surface area contributed by atoms with Crippen molar-refractivity contribution in [3.8, 4) is 17.2 Å². The van der Waals surface area contributed by atoms with Crippen molar-refractivity contribution in [3.63, 3.8) is 0 Å². The first kappa shape index (κ1) is 24.9. The highest BCUT2D eigenvalue weighted by Gasteiger charge is 2.59. The molecule has 3 aromatic rings. The zero-order chi connectivity index (χ0) is 27.2. The van der Waals surface area contributed by atoms with E-state index in [1.807, 2.05) is 36.4 Å². The molecule has 1 saturated heterocycles. The Morgan fingerprint density at radius 1 is 1.10 bits per heavy atom. The van der Waals surface area contributed by atoms with E-state index in [1.54, 1.807) is 6.20 Å². The van der Waals surface area contributed by atoms with Crippen molar-refractivity contribution in [2.24, 2.45) is 0 Å². The maximum absolute atomic E-state index is 12.8. The SMILES string of the molecule is CN1CCN(Cc2ccc(NC(=O)NC3C4Oc5ccc(Oc6ccnc7c6CCC(=O)N7)cc5C34)cc2)CC1. The van der Waals surface area contributed by atoms with Crippen molar-refractivity contribution in [2.45, 2.75) is 37.5 Å². The number of nitrogens with zero attached hydrogens (tertiary/aromatic N) is 3. The average molecular weight is 541 g/mol. The van der Waals surface area contributed by atoms with Crippen LogP contribution in [-0.4, -0.2) is 72.1 Å². The largest absolute Gasteiger partial charge is 0.487 e. The van der Waals surface area contributed by atoms with Crippen LogP contribution in [0.5, 0.6) is 17.2 Å². The lowest BCUT2D eigenvalue weighted by Gasteiger charge is -2.32. The molecule has 40 heavy (non-hydrogen) atoms.